The molecule has 2 heterocycles. The van der Waals surface area contributed by atoms with Crippen molar-refractivity contribution in [1.29, 1.82) is 0 Å². The van der Waals surface area contributed by atoms with Crippen molar-refractivity contribution >= 4 is 17.6 Å². The zero-order valence-corrected chi connectivity index (χ0v) is 19.0. The highest BCUT2D eigenvalue weighted by Crippen LogP contribution is 2.35. The molecule has 0 unspecified atom stereocenters. The Hall–Kier alpha value is -3.18. The molecule has 12 heteroatoms. The number of aryl methyl sites for hydroxylation is 1. The summed E-state index contributed by atoms with van der Waals surface area (Å²) >= 11 is 0. The maximum atomic E-state index is 13.0. The summed E-state index contributed by atoms with van der Waals surface area (Å²) in [6, 6.07) is 2.16. The van der Waals surface area contributed by atoms with Crippen LogP contribution in [0.1, 0.15) is 69.1 Å². The molecular weight excluding hydrogens is 453 g/mol. The van der Waals surface area contributed by atoms with Crippen LogP contribution in [0.25, 0.3) is 0 Å². The Bertz CT molecular complexity index is 971. The Balaban J connectivity index is 1.47. The Morgan fingerprint density at radius 1 is 1.15 bits per heavy atom. The smallest absolute Gasteiger partial charge is 0.368 e. The number of rotatable bonds is 9. The summed E-state index contributed by atoms with van der Waals surface area (Å²) in [5.74, 6) is -0.0196. The van der Waals surface area contributed by atoms with Gasteiger partial charge in [0.2, 0.25) is 17.7 Å². The van der Waals surface area contributed by atoms with Crippen LogP contribution >= 0.6 is 0 Å². The zero-order chi connectivity index (χ0) is 24.6. The van der Waals surface area contributed by atoms with E-state index in [0.717, 1.165) is 44.6 Å². The summed E-state index contributed by atoms with van der Waals surface area (Å²) in [6.45, 7) is 1.66. The summed E-state index contributed by atoms with van der Waals surface area (Å²) in [6.07, 6.45) is 2.55. The minimum Gasteiger partial charge on any atom is -0.368 e. The maximum absolute atomic E-state index is 13.0. The Kier molecular flexibility index (Phi) is 8.46. The predicted octanol–water partition coefficient (Wildman–Crippen LogP) is 3.33. The standard InChI is InChI=1S/C22H29F3N6O3/c1-15(32)30-21(10-4-2-3-5-11-21)20-29-18(34-31-20)9-8-17(33)26-13-14-28-19-16(22(23,24)25)7-6-12-27-19/h6-7,12H,2-5,8-11,13-14H2,1H3,(H,26,33)(H,27,28)(H,30,32). The first kappa shape index (κ1) is 25.4. The first-order valence-electron chi connectivity index (χ1n) is 11.3. The molecular formula is C22H29F3N6O3. The number of carbonyl (C=O) groups is 2. The van der Waals surface area contributed by atoms with E-state index in [0.29, 0.717) is 11.7 Å². The van der Waals surface area contributed by atoms with Gasteiger partial charge in [-0.1, -0.05) is 30.8 Å². The number of nitrogens with one attached hydrogen (secondary N) is 3. The second-order valence-electron chi connectivity index (χ2n) is 8.36. The lowest BCUT2D eigenvalue weighted by atomic mass is 9.89. The monoisotopic (exact) mass is 482 g/mol. The van der Waals surface area contributed by atoms with E-state index in [4.69, 9.17) is 4.52 Å². The highest BCUT2D eigenvalue weighted by molar-refractivity contribution is 5.76. The summed E-state index contributed by atoms with van der Waals surface area (Å²) in [4.78, 5) is 32.1. The maximum Gasteiger partial charge on any atom is 0.419 e. The number of amides is 2. The molecule has 0 aliphatic heterocycles. The molecule has 0 radical (unpaired) electrons. The van der Waals surface area contributed by atoms with Crippen molar-refractivity contribution in [3.05, 3.63) is 35.6 Å². The Morgan fingerprint density at radius 2 is 1.88 bits per heavy atom. The van der Waals surface area contributed by atoms with Crippen molar-refractivity contribution < 1.29 is 27.3 Å². The van der Waals surface area contributed by atoms with Gasteiger partial charge in [-0.05, 0) is 25.0 Å². The first-order valence-corrected chi connectivity index (χ1v) is 11.3. The number of hydrogen-bond acceptors (Lipinski definition) is 7. The summed E-state index contributed by atoms with van der Waals surface area (Å²) in [5, 5.41) is 12.3. The van der Waals surface area contributed by atoms with E-state index >= 15 is 0 Å². The summed E-state index contributed by atoms with van der Waals surface area (Å²) in [7, 11) is 0. The predicted molar refractivity (Wildman–Crippen MR) is 117 cm³/mol. The largest absolute Gasteiger partial charge is 0.419 e. The first-order chi connectivity index (χ1) is 16.2. The van der Waals surface area contributed by atoms with Crippen LogP contribution in [-0.2, 0) is 27.7 Å². The molecule has 2 aromatic rings. The third kappa shape index (κ3) is 6.91. The van der Waals surface area contributed by atoms with Crippen LogP contribution in [0, 0.1) is 0 Å². The van der Waals surface area contributed by atoms with Crippen molar-refractivity contribution in [1.82, 2.24) is 25.8 Å². The van der Waals surface area contributed by atoms with Gasteiger partial charge in [-0.3, -0.25) is 9.59 Å². The highest BCUT2D eigenvalue weighted by atomic mass is 19.4. The zero-order valence-electron chi connectivity index (χ0n) is 19.0. The van der Waals surface area contributed by atoms with Gasteiger partial charge in [-0.25, -0.2) is 4.98 Å². The molecule has 2 amide bonds. The molecule has 0 aromatic carbocycles. The van der Waals surface area contributed by atoms with Gasteiger partial charge in [0.1, 0.15) is 11.4 Å². The van der Waals surface area contributed by atoms with Crippen molar-refractivity contribution in [2.45, 2.75) is 70.0 Å². The second-order valence-corrected chi connectivity index (χ2v) is 8.36. The number of alkyl halides is 3. The van der Waals surface area contributed by atoms with Gasteiger partial charge in [-0.2, -0.15) is 18.2 Å². The van der Waals surface area contributed by atoms with Crippen molar-refractivity contribution in [3.8, 4) is 0 Å². The third-order valence-corrected chi connectivity index (χ3v) is 5.69. The number of hydrogen-bond donors (Lipinski definition) is 3. The number of nitrogens with zero attached hydrogens (tertiary/aromatic N) is 3. The minimum absolute atomic E-state index is 0.0756. The molecule has 9 nitrogen and oxygen atoms in total. The lowest BCUT2D eigenvalue weighted by Gasteiger charge is -2.30. The molecule has 2 aromatic heterocycles. The number of anilines is 1. The van der Waals surface area contributed by atoms with Crippen LogP contribution in [0.5, 0.6) is 0 Å². The number of aromatic nitrogens is 3. The molecule has 34 heavy (non-hydrogen) atoms. The normalized spacial score (nSPS) is 15.9. The number of carbonyl (C=O) groups excluding carboxylic acids is 2. The van der Waals surface area contributed by atoms with E-state index in [-0.39, 0.29) is 43.6 Å². The van der Waals surface area contributed by atoms with Gasteiger partial charge in [0.25, 0.3) is 0 Å². The molecule has 0 atom stereocenters. The van der Waals surface area contributed by atoms with Gasteiger partial charge < -0.3 is 20.5 Å². The lowest BCUT2D eigenvalue weighted by Crippen LogP contribution is -2.45. The van der Waals surface area contributed by atoms with Crippen LogP contribution < -0.4 is 16.0 Å². The molecule has 1 fully saturated rings. The van der Waals surface area contributed by atoms with E-state index in [1.54, 1.807) is 0 Å². The van der Waals surface area contributed by atoms with Crippen molar-refractivity contribution in [2.24, 2.45) is 0 Å². The molecule has 0 bridgehead atoms. The SMILES string of the molecule is CC(=O)NC1(c2noc(CCC(=O)NCCNc3ncccc3C(F)(F)F)n2)CCCCCC1. The van der Waals surface area contributed by atoms with E-state index in [9.17, 15) is 22.8 Å². The van der Waals surface area contributed by atoms with Crippen molar-refractivity contribution in [3.63, 3.8) is 0 Å². The van der Waals surface area contributed by atoms with E-state index in [2.05, 4.69) is 31.1 Å². The van der Waals surface area contributed by atoms with E-state index in [1.807, 2.05) is 0 Å². The summed E-state index contributed by atoms with van der Waals surface area (Å²) in [5.41, 5.74) is -1.52. The van der Waals surface area contributed by atoms with Gasteiger partial charge >= 0.3 is 6.18 Å². The van der Waals surface area contributed by atoms with E-state index < -0.39 is 17.3 Å². The Morgan fingerprint density at radius 3 is 2.56 bits per heavy atom. The number of halogens is 3. The van der Waals surface area contributed by atoms with Gasteiger partial charge in [0.05, 0.1) is 5.56 Å². The van der Waals surface area contributed by atoms with Crippen LogP contribution in [0.2, 0.25) is 0 Å². The average molecular weight is 483 g/mol. The number of pyridine rings is 1. The topological polar surface area (TPSA) is 122 Å². The molecule has 3 rings (SSSR count). The second kappa shape index (κ2) is 11.3. The van der Waals surface area contributed by atoms with Crippen LogP contribution in [0.4, 0.5) is 19.0 Å². The van der Waals surface area contributed by atoms with Gasteiger partial charge in [0, 0.05) is 39.1 Å². The van der Waals surface area contributed by atoms with Crippen LogP contribution in [-0.4, -0.2) is 40.0 Å². The fourth-order valence-corrected chi connectivity index (χ4v) is 4.09. The summed E-state index contributed by atoms with van der Waals surface area (Å²) < 4.78 is 44.3. The quantitative estimate of drug-likeness (QED) is 0.370. The molecule has 186 valence electrons. The van der Waals surface area contributed by atoms with Gasteiger partial charge in [-0.15, -0.1) is 0 Å². The van der Waals surface area contributed by atoms with Gasteiger partial charge in [0.15, 0.2) is 5.82 Å². The highest BCUT2D eigenvalue weighted by Gasteiger charge is 2.38. The molecule has 1 saturated carbocycles. The minimum atomic E-state index is -4.52. The van der Waals surface area contributed by atoms with E-state index in [1.165, 1.54) is 19.2 Å². The Labute approximate surface area is 195 Å². The molecule has 1 aliphatic rings. The lowest BCUT2D eigenvalue weighted by molar-refractivity contribution is -0.137. The fraction of sp³-hybridized carbons (Fsp3) is 0.591. The van der Waals surface area contributed by atoms with Crippen molar-refractivity contribution in [2.75, 3.05) is 18.4 Å². The fourth-order valence-electron chi connectivity index (χ4n) is 4.09. The third-order valence-electron chi connectivity index (χ3n) is 5.69. The van der Waals surface area contributed by atoms with Crippen LogP contribution in [0.15, 0.2) is 22.9 Å². The molecule has 0 spiro atoms. The molecule has 1 aliphatic carbocycles. The molecule has 3 N–H and O–H groups in total. The average Bonchev–Trinajstić information content (AvgIpc) is 3.15. The van der Waals surface area contributed by atoms with Crippen LogP contribution in [0.3, 0.4) is 0 Å². The molecule has 0 saturated heterocycles.